The molecule has 1 heterocycles. The smallest absolute Gasteiger partial charge is 0.177 e. The summed E-state index contributed by atoms with van der Waals surface area (Å²) in [4.78, 5) is 12.7. The minimum atomic E-state index is 0.0462. The van der Waals surface area contributed by atoms with Gasteiger partial charge in [-0.1, -0.05) is 23.2 Å². The third kappa shape index (κ3) is 3.32. The monoisotopic (exact) mass is 348 g/mol. The second-order valence-corrected chi connectivity index (χ2v) is 6.75. The van der Waals surface area contributed by atoms with Crippen molar-refractivity contribution in [3.63, 3.8) is 0 Å². The quantitative estimate of drug-likeness (QED) is 0.692. The molecule has 0 spiro atoms. The summed E-state index contributed by atoms with van der Waals surface area (Å²) < 4.78 is 0.943. The van der Waals surface area contributed by atoms with E-state index in [0.717, 1.165) is 9.35 Å². The van der Waals surface area contributed by atoms with Crippen LogP contribution < -0.4 is 0 Å². The minimum absolute atomic E-state index is 0.0462. The van der Waals surface area contributed by atoms with Crippen LogP contribution in [0.2, 0.25) is 10.0 Å². The van der Waals surface area contributed by atoms with Crippen LogP contribution in [-0.2, 0) is 6.42 Å². The fraction of sp³-hybridized carbons (Fsp3) is 0.0833. The summed E-state index contributed by atoms with van der Waals surface area (Å²) in [5.41, 5.74) is 0.758. The van der Waals surface area contributed by atoms with Crippen LogP contribution in [-0.4, -0.2) is 5.78 Å². The lowest BCUT2D eigenvalue weighted by molar-refractivity contribution is 0.0997. The molecule has 0 saturated heterocycles. The number of Topliss-reactive ketones (excluding diaryl/α,β-unsaturated/α-hetero) is 1. The van der Waals surface area contributed by atoms with E-state index in [-0.39, 0.29) is 12.2 Å². The van der Waals surface area contributed by atoms with Crippen LogP contribution in [0.5, 0.6) is 0 Å². The molecular formula is C12H7BrCl2OS. The standard InChI is InChI=1S/C12H7BrCl2OS/c13-12-4-3-11(17-12)10(16)6-7-5-8(14)1-2-9(7)15/h1-5H,6H2. The molecule has 5 heteroatoms. The van der Waals surface area contributed by atoms with Gasteiger partial charge in [0.15, 0.2) is 5.78 Å². The van der Waals surface area contributed by atoms with E-state index >= 15 is 0 Å². The molecule has 0 aliphatic rings. The first-order chi connectivity index (χ1) is 8.06. The summed E-state index contributed by atoms with van der Waals surface area (Å²) in [6, 6.07) is 8.80. The van der Waals surface area contributed by atoms with Gasteiger partial charge in [0, 0.05) is 16.5 Å². The fourth-order valence-electron chi connectivity index (χ4n) is 1.40. The topological polar surface area (TPSA) is 17.1 Å². The van der Waals surface area contributed by atoms with Gasteiger partial charge in [-0.3, -0.25) is 4.79 Å². The van der Waals surface area contributed by atoms with Crippen molar-refractivity contribution in [2.45, 2.75) is 6.42 Å². The molecule has 0 aliphatic heterocycles. The van der Waals surface area contributed by atoms with Gasteiger partial charge in [-0.2, -0.15) is 0 Å². The highest BCUT2D eigenvalue weighted by Gasteiger charge is 2.12. The molecular weight excluding hydrogens is 343 g/mol. The molecule has 1 aromatic carbocycles. The van der Waals surface area contributed by atoms with Gasteiger partial charge in [0.05, 0.1) is 8.66 Å². The number of halogens is 3. The number of carbonyl (C=O) groups is 1. The van der Waals surface area contributed by atoms with Crippen molar-refractivity contribution < 1.29 is 4.79 Å². The number of hydrogen-bond donors (Lipinski definition) is 0. The number of benzene rings is 1. The normalized spacial score (nSPS) is 10.5. The molecule has 0 aliphatic carbocycles. The highest BCUT2D eigenvalue weighted by atomic mass is 79.9. The Balaban J connectivity index is 2.21. The zero-order valence-electron chi connectivity index (χ0n) is 8.54. The van der Waals surface area contributed by atoms with E-state index in [1.165, 1.54) is 11.3 Å². The molecule has 2 aromatic rings. The Bertz CT molecular complexity index is 565. The molecule has 1 aromatic heterocycles. The van der Waals surface area contributed by atoms with Crippen LogP contribution in [0.1, 0.15) is 15.2 Å². The van der Waals surface area contributed by atoms with Crippen molar-refractivity contribution >= 4 is 56.3 Å². The molecule has 0 amide bonds. The maximum Gasteiger partial charge on any atom is 0.177 e. The van der Waals surface area contributed by atoms with Crippen molar-refractivity contribution in [3.8, 4) is 0 Å². The number of carbonyl (C=O) groups excluding carboxylic acids is 1. The second-order valence-electron chi connectivity index (χ2n) is 3.44. The average Bonchev–Trinajstić information content (AvgIpc) is 2.70. The van der Waals surface area contributed by atoms with Gasteiger partial charge in [-0.15, -0.1) is 11.3 Å². The van der Waals surface area contributed by atoms with Gasteiger partial charge in [0.1, 0.15) is 0 Å². The van der Waals surface area contributed by atoms with Crippen LogP contribution in [0.15, 0.2) is 34.1 Å². The Morgan fingerprint density at radius 3 is 2.65 bits per heavy atom. The molecule has 0 unspecified atom stereocenters. The van der Waals surface area contributed by atoms with Gasteiger partial charge in [0.25, 0.3) is 0 Å². The van der Waals surface area contributed by atoms with Gasteiger partial charge in [0.2, 0.25) is 0 Å². The Morgan fingerprint density at radius 2 is 2.00 bits per heavy atom. The fourth-order valence-corrected chi connectivity index (χ4v) is 3.11. The predicted molar refractivity (Wildman–Crippen MR) is 76.5 cm³/mol. The zero-order valence-corrected chi connectivity index (χ0v) is 12.5. The summed E-state index contributed by atoms with van der Waals surface area (Å²) in [7, 11) is 0. The molecule has 88 valence electrons. The van der Waals surface area contributed by atoms with Gasteiger partial charge < -0.3 is 0 Å². The Labute approximate surface area is 121 Å². The van der Waals surface area contributed by atoms with Crippen molar-refractivity contribution in [1.82, 2.24) is 0 Å². The molecule has 0 saturated carbocycles. The summed E-state index contributed by atoms with van der Waals surface area (Å²) in [6.45, 7) is 0. The van der Waals surface area contributed by atoms with E-state index < -0.39 is 0 Å². The summed E-state index contributed by atoms with van der Waals surface area (Å²) in [5, 5.41) is 1.16. The molecule has 1 nitrogen and oxygen atoms in total. The SMILES string of the molecule is O=C(Cc1cc(Cl)ccc1Cl)c1ccc(Br)s1. The van der Waals surface area contributed by atoms with Gasteiger partial charge in [-0.25, -0.2) is 0 Å². The summed E-state index contributed by atoms with van der Waals surface area (Å²) in [6.07, 6.45) is 0.270. The van der Waals surface area contributed by atoms with Crippen LogP contribution >= 0.6 is 50.5 Å². The molecule has 0 N–H and O–H groups in total. The van der Waals surface area contributed by atoms with E-state index in [9.17, 15) is 4.79 Å². The third-order valence-electron chi connectivity index (χ3n) is 2.21. The van der Waals surface area contributed by atoms with E-state index in [1.54, 1.807) is 24.3 Å². The molecule has 17 heavy (non-hydrogen) atoms. The number of hydrogen-bond acceptors (Lipinski definition) is 2. The first kappa shape index (κ1) is 13.1. The Kier molecular flexibility index (Phi) is 4.26. The van der Waals surface area contributed by atoms with Crippen molar-refractivity contribution in [2.24, 2.45) is 0 Å². The van der Waals surface area contributed by atoms with Crippen LogP contribution in [0, 0.1) is 0 Å². The average molecular weight is 350 g/mol. The van der Waals surface area contributed by atoms with Crippen molar-refractivity contribution in [3.05, 3.63) is 54.6 Å². The van der Waals surface area contributed by atoms with Crippen LogP contribution in [0.25, 0.3) is 0 Å². The number of rotatable bonds is 3. The first-order valence-corrected chi connectivity index (χ1v) is 7.15. The first-order valence-electron chi connectivity index (χ1n) is 4.79. The lowest BCUT2D eigenvalue weighted by Gasteiger charge is -2.03. The van der Waals surface area contributed by atoms with Crippen LogP contribution in [0.4, 0.5) is 0 Å². The Morgan fingerprint density at radius 1 is 1.24 bits per heavy atom. The van der Waals surface area contributed by atoms with Crippen molar-refractivity contribution in [2.75, 3.05) is 0 Å². The largest absolute Gasteiger partial charge is 0.293 e. The van der Waals surface area contributed by atoms with Gasteiger partial charge >= 0.3 is 0 Å². The zero-order chi connectivity index (χ0) is 12.4. The van der Waals surface area contributed by atoms with Gasteiger partial charge in [-0.05, 0) is 51.8 Å². The molecule has 0 fully saturated rings. The molecule has 0 atom stereocenters. The van der Waals surface area contributed by atoms with E-state index in [4.69, 9.17) is 23.2 Å². The highest BCUT2D eigenvalue weighted by molar-refractivity contribution is 9.11. The maximum atomic E-state index is 12.0. The molecule has 2 rings (SSSR count). The molecule has 0 bridgehead atoms. The number of thiophene rings is 1. The highest BCUT2D eigenvalue weighted by Crippen LogP contribution is 2.26. The summed E-state index contributed by atoms with van der Waals surface area (Å²) in [5.74, 6) is 0.0462. The lowest BCUT2D eigenvalue weighted by Crippen LogP contribution is -2.01. The predicted octanol–water partition coefficient (Wildman–Crippen LogP) is 5.24. The molecule has 0 radical (unpaired) electrons. The van der Waals surface area contributed by atoms with Crippen LogP contribution in [0.3, 0.4) is 0 Å². The minimum Gasteiger partial charge on any atom is -0.293 e. The summed E-state index contributed by atoms with van der Waals surface area (Å²) >= 11 is 16.6. The van der Waals surface area contributed by atoms with E-state index in [1.807, 2.05) is 6.07 Å². The number of ketones is 1. The third-order valence-corrected chi connectivity index (χ3v) is 4.48. The van der Waals surface area contributed by atoms with Crippen molar-refractivity contribution in [1.29, 1.82) is 0 Å². The van der Waals surface area contributed by atoms with E-state index in [0.29, 0.717) is 14.9 Å². The van der Waals surface area contributed by atoms with E-state index in [2.05, 4.69) is 15.9 Å². The second kappa shape index (κ2) is 5.53. The lowest BCUT2D eigenvalue weighted by atomic mass is 10.1. The maximum absolute atomic E-state index is 12.0. The Hall–Kier alpha value is -0.350.